The highest BCUT2D eigenvalue weighted by molar-refractivity contribution is 5.95. The minimum Gasteiger partial charge on any atom is -0.367 e. The summed E-state index contributed by atoms with van der Waals surface area (Å²) in [5.74, 6) is -0.317. The van der Waals surface area contributed by atoms with E-state index >= 15 is 0 Å². The smallest absolute Gasteiger partial charge is 0.228 e. The van der Waals surface area contributed by atoms with Crippen molar-refractivity contribution in [2.75, 3.05) is 49.1 Å². The van der Waals surface area contributed by atoms with E-state index in [9.17, 15) is 14.0 Å². The van der Waals surface area contributed by atoms with Crippen LogP contribution in [0.4, 0.5) is 15.8 Å². The van der Waals surface area contributed by atoms with Crippen LogP contribution in [0, 0.1) is 5.82 Å². The summed E-state index contributed by atoms with van der Waals surface area (Å²) in [6.07, 6.45) is 1.42. The zero-order chi connectivity index (χ0) is 20.4. The number of para-hydroxylation sites is 1. The number of ketones is 1. The van der Waals surface area contributed by atoms with Crippen molar-refractivity contribution in [2.24, 2.45) is 0 Å². The number of nitrogens with zero attached hydrogens (tertiary/aromatic N) is 3. The molecular weight excluding hydrogens is 369 g/mol. The molecule has 6 heteroatoms. The fraction of sp³-hybridized carbons (Fsp3) is 0.391. The van der Waals surface area contributed by atoms with Crippen molar-refractivity contribution in [3.8, 4) is 0 Å². The molecule has 0 aliphatic carbocycles. The van der Waals surface area contributed by atoms with Gasteiger partial charge < -0.3 is 9.80 Å². The van der Waals surface area contributed by atoms with Crippen LogP contribution in [-0.2, 0) is 11.2 Å². The van der Waals surface area contributed by atoms with Crippen molar-refractivity contribution >= 4 is 23.1 Å². The van der Waals surface area contributed by atoms with Crippen molar-refractivity contribution in [1.29, 1.82) is 0 Å². The van der Waals surface area contributed by atoms with Crippen LogP contribution in [0.1, 0.15) is 29.3 Å². The number of hydrogen-bond donors (Lipinski definition) is 0. The van der Waals surface area contributed by atoms with Gasteiger partial charge in [-0.25, -0.2) is 4.39 Å². The van der Waals surface area contributed by atoms with E-state index in [0.29, 0.717) is 30.8 Å². The lowest BCUT2D eigenvalue weighted by Gasteiger charge is -2.36. The van der Waals surface area contributed by atoms with Crippen LogP contribution in [0.3, 0.4) is 0 Å². The average molecular weight is 395 g/mol. The molecule has 29 heavy (non-hydrogen) atoms. The minimum absolute atomic E-state index is 0.134. The second-order valence-corrected chi connectivity index (χ2v) is 7.73. The summed E-state index contributed by atoms with van der Waals surface area (Å²) in [4.78, 5) is 30.3. The first kappa shape index (κ1) is 19.6. The number of piperazine rings is 1. The maximum Gasteiger partial charge on any atom is 0.228 e. The predicted octanol–water partition coefficient (Wildman–Crippen LogP) is 3.13. The zero-order valence-electron chi connectivity index (χ0n) is 16.7. The van der Waals surface area contributed by atoms with Gasteiger partial charge in [0.15, 0.2) is 5.78 Å². The summed E-state index contributed by atoms with van der Waals surface area (Å²) < 4.78 is 14.4. The van der Waals surface area contributed by atoms with Gasteiger partial charge in [-0.15, -0.1) is 0 Å². The molecule has 0 atom stereocenters. The number of amides is 1. The Morgan fingerprint density at radius 3 is 2.45 bits per heavy atom. The molecule has 1 amide bonds. The summed E-state index contributed by atoms with van der Waals surface area (Å²) in [5.41, 5.74) is 3.23. The van der Waals surface area contributed by atoms with Gasteiger partial charge in [-0.05, 0) is 43.2 Å². The number of Topliss-reactive ketones (excluding diaryl/α,β-unsaturated/α-hetero) is 1. The largest absolute Gasteiger partial charge is 0.367 e. The molecule has 2 aliphatic heterocycles. The van der Waals surface area contributed by atoms with E-state index in [2.05, 4.69) is 11.0 Å². The van der Waals surface area contributed by atoms with Gasteiger partial charge >= 0.3 is 0 Å². The van der Waals surface area contributed by atoms with Gasteiger partial charge in [0.25, 0.3) is 0 Å². The van der Waals surface area contributed by atoms with Crippen LogP contribution < -0.4 is 9.80 Å². The highest BCUT2D eigenvalue weighted by Gasteiger charge is 2.25. The molecule has 0 aromatic heterocycles. The molecule has 0 unspecified atom stereocenters. The highest BCUT2D eigenvalue weighted by Crippen LogP contribution is 2.28. The van der Waals surface area contributed by atoms with Crippen molar-refractivity contribution in [2.45, 2.75) is 19.8 Å². The fourth-order valence-electron chi connectivity index (χ4n) is 4.18. The first-order chi connectivity index (χ1) is 14.0. The Morgan fingerprint density at radius 1 is 0.966 bits per heavy atom. The van der Waals surface area contributed by atoms with Gasteiger partial charge in [0.2, 0.25) is 5.91 Å². The Kier molecular flexibility index (Phi) is 5.62. The van der Waals surface area contributed by atoms with Gasteiger partial charge in [0.05, 0.1) is 5.69 Å². The number of fused-ring (bicyclic) bond motifs is 1. The van der Waals surface area contributed by atoms with Crippen molar-refractivity contribution < 1.29 is 14.0 Å². The van der Waals surface area contributed by atoms with Gasteiger partial charge in [0, 0.05) is 56.9 Å². The number of hydrogen-bond acceptors (Lipinski definition) is 4. The number of benzene rings is 2. The third-order valence-corrected chi connectivity index (χ3v) is 5.90. The lowest BCUT2D eigenvalue weighted by Crippen LogP contribution is -2.47. The fourth-order valence-corrected chi connectivity index (χ4v) is 4.18. The summed E-state index contributed by atoms with van der Waals surface area (Å²) >= 11 is 0. The first-order valence-electron chi connectivity index (χ1n) is 10.2. The van der Waals surface area contributed by atoms with Crippen LogP contribution in [0.2, 0.25) is 0 Å². The van der Waals surface area contributed by atoms with Gasteiger partial charge in [-0.3, -0.25) is 14.5 Å². The van der Waals surface area contributed by atoms with Gasteiger partial charge in [-0.1, -0.05) is 18.2 Å². The number of carbonyl (C=O) groups excluding carboxylic acids is 2. The van der Waals surface area contributed by atoms with Gasteiger partial charge in [-0.2, -0.15) is 0 Å². The van der Waals surface area contributed by atoms with Crippen LogP contribution in [0.5, 0.6) is 0 Å². The van der Waals surface area contributed by atoms with Gasteiger partial charge in [0.1, 0.15) is 5.82 Å². The molecule has 2 aromatic carbocycles. The molecule has 2 aliphatic rings. The summed E-state index contributed by atoms with van der Waals surface area (Å²) in [6.45, 7) is 5.91. The molecular formula is C23H26FN3O2. The molecule has 1 saturated heterocycles. The third-order valence-electron chi connectivity index (χ3n) is 5.90. The Hall–Kier alpha value is -2.73. The molecule has 0 N–H and O–H groups in total. The Labute approximate surface area is 170 Å². The first-order valence-corrected chi connectivity index (χ1v) is 10.2. The number of anilines is 2. The highest BCUT2D eigenvalue weighted by atomic mass is 19.1. The number of carbonyl (C=O) groups is 2. The lowest BCUT2D eigenvalue weighted by atomic mass is 10.1. The van der Waals surface area contributed by atoms with E-state index in [0.717, 1.165) is 38.3 Å². The molecule has 4 rings (SSSR count). The standard InChI is InChI=1S/C23H26FN3O2/c1-17(28)19-6-7-22(20(24)16-19)26-14-12-25(13-15-26)10-9-23(29)27-11-8-18-4-2-3-5-21(18)27/h2-7,16H,8-15H2,1H3. The minimum atomic E-state index is -0.353. The third kappa shape index (κ3) is 4.17. The molecule has 0 spiro atoms. The van der Waals surface area contributed by atoms with E-state index < -0.39 is 0 Å². The maximum absolute atomic E-state index is 14.4. The maximum atomic E-state index is 14.4. The second kappa shape index (κ2) is 8.33. The molecule has 152 valence electrons. The zero-order valence-corrected chi connectivity index (χ0v) is 16.7. The monoisotopic (exact) mass is 395 g/mol. The molecule has 2 heterocycles. The van der Waals surface area contributed by atoms with E-state index in [-0.39, 0.29) is 17.5 Å². The van der Waals surface area contributed by atoms with Crippen LogP contribution in [-0.4, -0.2) is 55.9 Å². The normalized spacial score (nSPS) is 16.8. The molecule has 0 radical (unpaired) electrons. The Balaban J connectivity index is 1.28. The molecule has 0 saturated carbocycles. The molecule has 2 aromatic rings. The Morgan fingerprint density at radius 2 is 1.72 bits per heavy atom. The van der Waals surface area contributed by atoms with E-state index in [1.54, 1.807) is 12.1 Å². The number of halogens is 1. The summed E-state index contributed by atoms with van der Waals surface area (Å²) in [7, 11) is 0. The van der Waals surface area contributed by atoms with Crippen molar-refractivity contribution in [3.63, 3.8) is 0 Å². The summed E-state index contributed by atoms with van der Waals surface area (Å²) in [6, 6.07) is 12.8. The van der Waals surface area contributed by atoms with Crippen molar-refractivity contribution in [3.05, 3.63) is 59.4 Å². The topological polar surface area (TPSA) is 43.9 Å². The van der Waals surface area contributed by atoms with E-state index in [4.69, 9.17) is 0 Å². The van der Waals surface area contributed by atoms with Crippen LogP contribution in [0.25, 0.3) is 0 Å². The van der Waals surface area contributed by atoms with Crippen molar-refractivity contribution in [1.82, 2.24) is 4.90 Å². The number of rotatable bonds is 5. The summed E-state index contributed by atoms with van der Waals surface area (Å²) in [5, 5.41) is 0. The SMILES string of the molecule is CC(=O)c1ccc(N2CCN(CCC(=O)N3CCc4ccccc43)CC2)c(F)c1. The quantitative estimate of drug-likeness (QED) is 0.730. The van der Waals surface area contributed by atoms with E-state index in [1.807, 2.05) is 28.0 Å². The predicted molar refractivity (Wildman–Crippen MR) is 112 cm³/mol. The second-order valence-electron chi connectivity index (χ2n) is 7.73. The van der Waals surface area contributed by atoms with E-state index in [1.165, 1.54) is 18.6 Å². The Bertz CT molecular complexity index is 922. The molecule has 1 fully saturated rings. The van der Waals surface area contributed by atoms with Crippen LogP contribution >= 0.6 is 0 Å². The molecule has 0 bridgehead atoms. The molecule has 5 nitrogen and oxygen atoms in total. The van der Waals surface area contributed by atoms with Crippen LogP contribution in [0.15, 0.2) is 42.5 Å². The lowest BCUT2D eigenvalue weighted by molar-refractivity contribution is -0.118. The average Bonchev–Trinajstić information content (AvgIpc) is 3.16.